The monoisotopic (exact) mass is 446 g/mol. The number of hydrogen-bond acceptors (Lipinski definition) is 8. The van der Waals surface area contributed by atoms with E-state index >= 15 is 0 Å². The molecule has 0 amide bonds. The van der Waals surface area contributed by atoms with Gasteiger partial charge in [0.05, 0.1) is 11.4 Å². The standard InChI is InChI=1S/C23H19ClN6O2/c1-25-22-19-14-27-21(29-20-7-9-26-23(30-20)32-10-8-24)12-18(19)16(13-28-22)6-5-15-3-2-4-17(31)11-15/h2-4,7,9,11-14,31H,8,10H2,1H3,(H,25,28)(H,26,27,29,30). The lowest BCUT2D eigenvalue weighted by molar-refractivity contribution is 0.315. The van der Waals surface area contributed by atoms with Gasteiger partial charge in [0.25, 0.3) is 0 Å². The van der Waals surface area contributed by atoms with Crippen LogP contribution in [-0.2, 0) is 0 Å². The second-order valence-corrected chi connectivity index (χ2v) is 6.95. The Morgan fingerprint density at radius 3 is 2.75 bits per heavy atom. The van der Waals surface area contributed by atoms with E-state index in [1.807, 2.05) is 12.1 Å². The highest BCUT2D eigenvalue weighted by Crippen LogP contribution is 2.26. The quantitative estimate of drug-likeness (QED) is 0.302. The third kappa shape index (κ3) is 4.96. The largest absolute Gasteiger partial charge is 0.508 e. The van der Waals surface area contributed by atoms with Gasteiger partial charge in [-0.1, -0.05) is 17.9 Å². The Labute approximate surface area is 189 Å². The van der Waals surface area contributed by atoms with Crippen LogP contribution in [0.5, 0.6) is 11.8 Å². The highest BCUT2D eigenvalue weighted by atomic mass is 35.5. The molecule has 0 saturated carbocycles. The normalized spacial score (nSPS) is 10.3. The van der Waals surface area contributed by atoms with Crippen molar-refractivity contribution in [1.29, 1.82) is 0 Å². The minimum atomic E-state index is 0.167. The SMILES string of the molecule is CNc1ncc(C#Cc2cccc(O)c2)c2cc(Nc3ccnc(OCCCl)n3)ncc12. The zero-order chi connectivity index (χ0) is 22.3. The molecule has 1 aromatic carbocycles. The Hall–Kier alpha value is -4.09. The van der Waals surface area contributed by atoms with Crippen LogP contribution in [0.3, 0.4) is 0 Å². The molecule has 3 N–H and O–H groups in total. The van der Waals surface area contributed by atoms with Crippen LogP contribution in [0.15, 0.2) is 55.0 Å². The van der Waals surface area contributed by atoms with Gasteiger partial charge in [-0.2, -0.15) is 4.98 Å². The third-order valence-electron chi connectivity index (χ3n) is 4.39. The summed E-state index contributed by atoms with van der Waals surface area (Å²) in [5.41, 5.74) is 1.43. The fraction of sp³-hybridized carbons (Fsp3) is 0.130. The van der Waals surface area contributed by atoms with Gasteiger partial charge in [-0.15, -0.1) is 11.6 Å². The summed E-state index contributed by atoms with van der Waals surface area (Å²) in [7, 11) is 1.80. The van der Waals surface area contributed by atoms with Crippen LogP contribution in [0, 0.1) is 11.8 Å². The number of fused-ring (bicyclic) bond motifs is 1. The molecule has 0 bridgehead atoms. The van der Waals surface area contributed by atoms with Gasteiger partial charge in [-0.05, 0) is 30.3 Å². The summed E-state index contributed by atoms with van der Waals surface area (Å²) < 4.78 is 5.37. The summed E-state index contributed by atoms with van der Waals surface area (Å²) in [6, 6.07) is 10.6. The van der Waals surface area contributed by atoms with E-state index in [4.69, 9.17) is 16.3 Å². The number of aromatic hydroxyl groups is 1. The van der Waals surface area contributed by atoms with E-state index in [1.54, 1.807) is 49.9 Å². The molecular weight excluding hydrogens is 428 g/mol. The molecule has 0 saturated heterocycles. The average Bonchev–Trinajstić information content (AvgIpc) is 2.81. The van der Waals surface area contributed by atoms with E-state index in [0.29, 0.717) is 35.5 Å². The number of benzene rings is 1. The first-order valence-corrected chi connectivity index (χ1v) is 10.3. The van der Waals surface area contributed by atoms with Crippen LogP contribution in [0.1, 0.15) is 11.1 Å². The van der Waals surface area contributed by atoms with E-state index in [-0.39, 0.29) is 11.8 Å². The molecular formula is C23H19ClN6O2. The lowest BCUT2D eigenvalue weighted by atomic mass is 10.1. The van der Waals surface area contributed by atoms with Gasteiger partial charge < -0.3 is 20.5 Å². The molecule has 0 aliphatic heterocycles. The molecule has 0 spiro atoms. The smallest absolute Gasteiger partial charge is 0.318 e. The zero-order valence-electron chi connectivity index (χ0n) is 17.1. The van der Waals surface area contributed by atoms with Gasteiger partial charge in [-0.25, -0.2) is 15.0 Å². The van der Waals surface area contributed by atoms with Gasteiger partial charge in [0, 0.05) is 42.0 Å². The number of nitrogens with zero attached hydrogens (tertiary/aromatic N) is 4. The van der Waals surface area contributed by atoms with Crippen LogP contribution in [0.2, 0.25) is 0 Å². The van der Waals surface area contributed by atoms with Crippen LogP contribution in [0.25, 0.3) is 10.8 Å². The maximum Gasteiger partial charge on any atom is 0.318 e. The van der Waals surface area contributed by atoms with E-state index in [2.05, 4.69) is 42.4 Å². The van der Waals surface area contributed by atoms with Gasteiger partial charge >= 0.3 is 6.01 Å². The first-order valence-electron chi connectivity index (χ1n) is 9.72. The minimum absolute atomic E-state index is 0.167. The van der Waals surface area contributed by atoms with Crippen molar-refractivity contribution in [2.45, 2.75) is 0 Å². The summed E-state index contributed by atoms with van der Waals surface area (Å²) in [5.74, 6) is 8.53. The number of rotatable bonds is 6. The number of ether oxygens (including phenoxy) is 1. The lowest BCUT2D eigenvalue weighted by Crippen LogP contribution is -2.04. The van der Waals surface area contributed by atoms with Crippen LogP contribution in [0.4, 0.5) is 17.5 Å². The Bertz CT molecular complexity index is 1320. The summed E-state index contributed by atoms with van der Waals surface area (Å²) in [6.07, 6.45) is 5.02. The van der Waals surface area contributed by atoms with E-state index in [1.165, 1.54) is 0 Å². The highest BCUT2D eigenvalue weighted by Gasteiger charge is 2.09. The summed E-state index contributed by atoms with van der Waals surface area (Å²) in [4.78, 5) is 17.3. The van der Waals surface area contributed by atoms with Crippen molar-refractivity contribution in [3.8, 4) is 23.6 Å². The molecule has 9 heteroatoms. The number of anilines is 3. The van der Waals surface area contributed by atoms with Gasteiger partial charge in [0.1, 0.15) is 29.8 Å². The van der Waals surface area contributed by atoms with Crippen molar-refractivity contribution in [1.82, 2.24) is 19.9 Å². The fourth-order valence-electron chi connectivity index (χ4n) is 2.97. The van der Waals surface area contributed by atoms with Crippen molar-refractivity contribution in [2.75, 3.05) is 30.2 Å². The van der Waals surface area contributed by atoms with Crippen LogP contribution >= 0.6 is 11.6 Å². The van der Waals surface area contributed by atoms with Crippen molar-refractivity contribution < 1.29 is 9.84 Å². The predicted octanol–water partition coefficient (Wildman–Crippen LogP) is 3.93. The molecule has 160 valence electrons. The molecule has 0 fully saturated rings. The molecule has 0 unspecified atom stereocenters. The number of aromatic nitrogens is 4. The fourth-order valence-corrected chi connectivity index (χ4v) is 3.04. The molecule has 4 aromatic rings. The van der Waals surface area contributed by atoms with E-state index in [9.17, 15) is 5.11 Å². The average molecular weight is 447 g/mol. The number of pyridine rings is 2. The molecule has 0 radical (unpaired) electrons. The number of hydrogen-bond donors (Lipinski definition) is 3. The topological polar surface area (TPSA) is 105 Å². The maximum atomic E-state index is 9.66. The molecule has 3 aromatic heterocycles. The zero-order valence-corrected chi connectivity index (χ0v) is 17.9. The van der Waals surface area contributed by atoms with Crippen molar-refractivity contribution in [3.05, 3.63) is 66.1 Å². The highest BCUT2D eigenvalue weighted by molar-refractivity contribution is 6.18. The van der Waals surface area contributed by atoms with Crippen molar-refractivity contribution >= 4 is 39.8 Å². The summed E-state index contributed by atoms with van der Waals surface area (Å²) >= 11 is 5.65. The van der Waals surface area contributed by atoms with Gasteiger partial charge in [-0.3, -0.25) is 0 Å². The summed E-state index contributed by atoms with van der Waals surface area (Å²) in [5, 5.41) is 17.6. The number of phenols is 1. The molecule has 8 nitrogen and oxygen atoms in total. The molecule has 0 aliphatic carbocycles. The molecule has 4 rings (SSSR count). The number of phenolic OH excluding ortho intramolecular Hbond substituents is 1. The second kappa shape index (κ2) is 9.81. The maximum absolute atomic E-state index is 9.66. The Kier molecular flexibility index (Phi) is 6.49. The number of halogens is 1. The first-order chi connectivity index (χ1) is 15.7. The minimum Gasteiger partial charge on any atom is -0.508 e. The van der Waals surface area contributed by atoms with Crippen molar-refractivity contribution in [2.24, 2.45) is 0 Å². The van der Waals surface area contributed by atoms with E-state index in [0.717, 1.165) is 16.3 Å². The number of alkyl halides is 1. The molecule has 3 heterocycles. The Morgan fingerprint density at radius 1 is 1.03 bits per heavy atom. The second-order valence-electron chi connectivity index (χ2n) is 6.57. The van der Waals surface area contributed by atoms with Gasteiger partial charge in [0.2, 0.25) is 0 Å². The van der Waals surface area contributed by atoms with Gasteiger partial charge in [0.15, 0.2) is 0 Å². The van der Waals surface area contributed by atoms with Crippen LogP contribution in [-0.4, -0.2) is 44.6 Å². The van der Waals surface area contributed by atoms with E-state index < -0.39 is 0 Å². The lowest BCUT2D eigenvalue weighted by Gasteiger charge is -2.10. The summed E-state index contributed by atoms with van der Waals surface area (Å²) in [6.45, 7) is 0.320. The Balaban J connectivity index is 1.70. The van der Waals surface area contributed by atoms with Crippen molar-refractivity contribution in [3.63, 3.8) is 0 Å². The molecule has 32 heavy (non-hydrogen) atoms. The number of nitrogens with one attached hydrogen (secondary N) is 2. The first kappa shape index (κ1) is 21.2. The molecule has 0 aliphatic rings. The molecule has 0 atom stereocenters. The third-order valence-corrected chi connectivity index (χ3v) is 4.55. The Morgan fingerprint density at radius 2 is 1.94 bits per heavy atom. The van der Waals surface area contributed by atoms with Crippen LogP contribution < -0.4 is 15.4 Å². The predicted molar refractivity (Wildman–Crippen MR) is 125 cm³/mol.